The van der Waals surface area contributed by atoms with Gasteiger partial charge in [0.15, 0.2) is 0 Å². The lowest BCUT2D eigenvalue weighted by molar-refractivity contribution is -0.124. The van der Waals surface area contributed by atoms with Crippen LogP contribution in [0.15, 0.2) is 12.3 Å². The molecule has 0 bridgehead atoms. The Bertz CT molecular complexity index is 485. The summed E-state index contributed by atoms with van der Waals surface area (Å²) in [5, 5.41) is 5.52. The summed E-state index contributed by atoms with van der Waals surface area (Å²) < 4.78 is 0. The molecule has 2 heterocycles. The van der Waals surface area contributed by atoms with Crippen molar-refractivity contribution < 1.29 is 9.59 Å². The molecule has 0 saturated carbocycles. The maximum Gasteiger partial charge on any atom is 0.252 e. The molecule has 1 fully saturated rings. The quantitative estimate of drug-likeness (QED) is 0.808. The third-order valence-electron chi connectivity index (χ3n) is 3.29. The first-order chi connectivity index (χ1) is 8.59. The predicted molar refractivity (Wildman–Crippen MR) is 67.2 cm³/mol. The van der Waals surface area contributed by atoms with E-state index in [9.17, 15) is 9.59 Å². The fourth-order valence-electron chi connectivity index (χ4n) is 2.03. The second-order valence-corrected chi connectivity index (χ2v) is 4.53. The van der Waals surface area contributed by atoms with Crippen LogP contribution in [-0.2, 0) is 4.79 Å². The standard InChI is InChI=1S/C13H17N3O2/c1-8-9(2)14-7-5-10(8)12(17)16-11-4-3-6-15-13(11)18/h5,7,11H,3-4,6H2,1-2H3,(H,15,18)(H,16,17). The SMILES string of the molecule is Cc1nccc(C(=O)NC2CCCNC2=O)c1C. The van der Waals surface area contributed by atoms with Crippen LogP contribution in [0.25, 0.3) is 0 Å². The minimum atomic E-state index is -0.417. The van der Waals surface area contributed by atoms with Crippen LogP contribution in [0, 0.1) is 13.8 Å². The molecule has 0 aromatic carbocycles. The summed E-state index contributed by atoms with van der Waals surface area (Å²) >= 11 is 0. The zero-order valence-electron chi connectivity index (χ0n) is 10.6. The molecule has 2 rings (SSSR count). The molecule has 2 N–H and O–H groups in total. The number of nitrogens with one attached hydrogen (secondary N) is 2. The zero-order valence-corrected chi connectivity index (χ0v) is 10.6. The lowest BCUT2D eigenvalue weighted by Crippen LogP contribution is -2.50. The normalized spacial score (nSPS) is 19.2. The Labute approximate surface area is 106 Å². The number of amides is 2. The van der Waals surface area contributed by atoms with Gasteiger partial charge in [0.05, 0.1) is 0 Å². The molecule has 0 spiro atoms. The molecule has 5 nitrogen and oxygen atoms in total. The van der Waals surface area contributed by atoms with E-state index in [0.29, 0.717) is 18.5 Å². The molecule has 1 saturated heterocycles. The molecule has 0 aliphatic carbocycles. The summed E-state index contributed by atoms with van der Waals surface area (Å²) in [6.07, 6.45) is 3.20. The van der Waals surface area contributed by atoms with Gasteiger partial charge in [-0.05, 0) is 38.3 Å². The van der Waals surface area contributed by atoms with Crippen molar-refractivity contribution in [1.29, 1.82) is 0 Å². The third-order valence-corrected chi connectivity index (χ3v) is 3.29. The molecule has 96 valence electrons. The molecular formula is C13H17N3O2. The highest BCUT2D eigenvalue weighted by molar-refractivity contribution is 5.98. The minimum absolute atomic E-state index is 0.0990. The smallest absolute Gasteiger partial charge is 0.252 e. The van der Waals surface area contributed by atoms with E-state index in [1.54, 1.807) is 12.3 Å². The Morgan fingerprint density at radius 3 is 3.00 bits per heavy atom. The van der Waals surface area contributed by atoms with Crippen molar-refractivity contribution in [2.45, 2.75) is 32.7 Å². The Morgan fingerprint density at radius 1 is 1.50 bits per heavy atom. The van der Waals surface area contributed by atoms with E-state index in [1.165, 1.54) is 0 Å². The van der Waals surface area contributed by atoms with Gasteiger partial charge in [0.2, 0.25) is 5.91 Å². The van der Waals surface area contributed by atoms with Gasteiger partial charge in [-0.2, -0.15) is 0 Å². The van der Waals surface area contributed by atoms with E-state index in [2.05, 4.69) is 15.6 Å². The zero-order chi connectivity index (χ0) is 13.1. The Hall–Kier alpha value is -1.91. The summed E-state index contributed by atoms with van der Waals surface area (Å²) in [6.45, 7) is 4.41. The van der Waals surface area contributed by atoms with Crippen molar-refractivity contribution >= 4 is 11.8 Å². The maximum atomic E-state index is 12.1. The van der Waals surface area contributed by atoms with Crippen molar-refractivity contribution in [3.8, 4) is 0 Å². The Morgan fingerprint density at radius 2 is 2.28 bits per heavy atom. The summed E-state index contributed by atoms with van der Waals surface area (Å²) in [7, 11) is 0. The number of hydrogen-bond donors (Lipinski definition) is 2. The van der Waals surface area contributed by atoms with Crippen LogP contribution in [0.1, 0.15) is 34.5 Å². The topological polar surface area (TPSA) is 71.1 Å². The second kappa shape index (κ2) is 5.16. The lowest BCUT2D eigenvalue weighted by Gasteiger charge is -2.23. The van der Waals surface area contributed by atoms with E-state index < -0.39 is 6.04 Å². The van der Waals surface area contributed by atoms with Crippen molar-refractivity contribution in [2.75, 3.05) is 6.54 Å². The van der Waals surface area contributed by atoms with Crippen LogP contribution in [0.2, 0.25) is 0 Å². The van der Waals surface area contributed by atoms with Gasteiger partial charge in [-0.15, -0.1) is 0 Å². The number of piperidine rings is 1. The van der Waals surface area contributed by atoms with Gasteiger partial charge in [-0.3, -0.25) is 14.6 Å². The van der Waals surface area contributed by atoms with Gasteiger partial charge in [-0.1, -0.05) is 0 Å². The number of carbonyl (C=O) groups is 2. The monoisotopic (exact) mass is 247 g/mol. The second-order valence-electron chi connectivity index (χ2n) is 4.53. The van der Waals surface area contributed by atoms with E-state index in [0.717, 1.165) is 17.7 Å². The van der Waals surface area contributed by atoms with Gasteiger partial charge in [-0.25, -0.2) is 0 Å². The summed E-state index contributed by atoms with van der Waals surface area (Å²) in [5.74, 6) is -0.307. The molecule has 1 aromatic rings. The van der Waals surface area contributed by atoms with E-state index >= 15 is 0 Å². The number of nitrogens with zero attached hydrogens (tertiary/aromatic N) is 1. The highest BCUT2D eigenvalue weighted by Crippen LogP contribution is 2.11. The van der Waals surface area contributed by atoms with Crippen LogP contribution in [-0.4, -0.2) is 29.4 Å². The molecule has 0 radical (unpaired) electrons. The maximum absolute atomic E-state index is 12.1. The average molecular weight is 247 g/mol. The predicted octanol–water partition coefficient (Wildman–Crippen LogP) is 0.707. The van der Waals surface area contributed by atoms with Gasteiger partial charge in [0.25, 0.3) is 5.91 Å². The van der Waals surface area contributed by atoms with Gasteiger partial charge < -0.3 is 10.6 Å². The molecule has 1 unspecified atom stereocenters. The summed E-state index contributed by atoms with van der Waals surface area (Å²) in [6, 6.07) is 1.26. The van der Waals surface area contributed by atoms with Gasteiger partial charge in [0, 0.05) is 24.0 Å². The van der Waals surface area contributed by atoms with Crippen molar-refractivity contribution in [3.63, 3.8) is 0 Å². The third kappa shape index (κ3) is 2.50. The number of pyridine rings is 1. The lowest BCUT2D eigenvalue weighted by atomic mass is 10.0. The average Bonchev–Trinajstić information content (AvgIpc) is 2.35. The van der Waals surface area contributed by atoms with Crippen LogP contribution >= 0.6 is 0 Å². The first kappa shape index (κ1) is 12.5. The molecule has 1 aromatic heterocycles. The molecule has 2 amide bonds. The largest absolute Gasteiger partial charge is 0.354 e. The number of aromatic nitrogens is 1. The Kier molecular flexibility index (Phi) is 3.60. The van der Waals surface area contributed by atoms with E-state index in [1.807, 2.05) is 13.8 Å². The van der Waals surface area contributed by atoms with E-state index in [4.69, 9.17) is 0 Å². The number of aryl methyl sites for hydroxylation is 1. The van der Waals surface area contributed by atoms with Crippen molar-refractivity contribution in [2.24, 2.45) is 0 Å². The molecule has 5 heteroatoms. The fourth-order valence-corrected chi connectivity index (χ4v) is 2.03. The van der Waals surface area contributed by atoms with Crippen molar-refractivity contribution in [1.82, 2.24) is 15.6 Å². The van der Waals surface area contributed by atoms with Crippen LogP contribution in [0.3, 0.4) is 0 Å². The fraction of sp³-hybridized carbons (Fsp3) is 0.462. The van der Waals surface area contributed by atoms with E-state index in [-0.39, 0.29) is 11.8 Å². The van der Waals surface area contributed by atoms with Crippen LogP contribution in [0.5, 0.6) is 0 Å². The highest BCUT2D eigenvalue weighted by atomic mass is 16.2. The van der Waals surface area contributed by atoms with Gasteiger partial charge in [0.1, 0.15) is 6.04 Å². The molecule has 18 heavy (non-hydrogen) atoms. The van der Waals surface area contributed by atoms with Crippen LogP contribution in [0.4, 0.5) is 0 Å². The van der Waals surface area contributed by atoms with Gasteiger partial charge >= 0.3 is 0 Å². The summed E-state index contributed by atoms with van der Waals surface area (Å²) in [4.78, 5) is 27.8. The molecular weight excluding hydrogens is 230 g/mol. The number of rotatable bonds is 2. The van der Waals surface area contributed by atoms with Crippen molar-refractivity contribution in [3.05, 3.63) is 29.1 Å². The van der Waals surface area contributed by atoms with Crippen LogP contribution < -0.4 is 10.6 Å². The first-order valence-electron chi connectivity index (χ1n) is 6.10. The summed E-state index contributed by atoms with van der Waals surface area (Å²) in [5.41, 5.74) is 2.27. The first-order valence-corrected chi connectivity index (χ1v) is 6.10. The minimum Gasteiger partial charge on any atom is -0.354 e. The Balaban J connectivity index is 2.12. The molecule has 1 atom stereocenters. The number of carbonyl (C=O) groups excluding carboxylic acids is 2. The molecule has 1 aliphatic heterocycles. The number of hydrogen-bond acceptors (Lipinski definition) is 3. The highest BCUT2D eigenvalue weighted by Gasteiger charge is 2.24. The molecule has 1 aliphatic rings.